The van der Waals surface area contributed by atoms with Gasteiger partial charge in [0.25, 0.3) is 5.69 Å². The zero-order valence-electron chi connectivity index (χ0n) is 7.72. The average Bonchev–Trinajstić information content (AvgIpc) is 1.99. The molecule has 70 valence electrons. The Labute approximate surface area is 81.5 Å². The molecule has 1 rings (SSSR count). The Morgan fingerprint density at radius 2 is 1.85 bits per heavy atom. The van der Waals surface area contributed by atoms with Crippen molar-refractivity contribution in [2.45, 2.75) is 20.8 Å². The topological polar surface area (TPSA) is 43.1 Å². The summed E-state index contributed by atoms with van der Waals surface area (Å²) in [6.07, 6.45) is 0. The van der Waals surface area contributed by atoms with Gasteiger partial charge in [-0.3, -0.25) is 10.1 Å². The maximum atomic E-state index is 10.7. The number of aryl methyl sites for hydroxylation is 1. The number of nitro groups is 1. The Kier molecular flexibility index (Phi) is 2.57. The molecule has 0 spiro atoms. The fourth-order valence-electron chi connectivity index (χ4n) is 1.30. The quantitative estimate of drug-likeness (QED) is 0.515. The van der Waals surface area contributed by atoms with Gasteiger partial charge in [-0.05, 0) is 32.4 Å². The van der Waals surface area contributed by atoms with Gasteiger partial charge in [0.05, 0.1) is 4.92 Å². The molecular weight excluding hydrogens is 190 g/mol. The van der Waals surface area contributed by atoms with E-state index in [1.807, 2.05) is 0 Å². The van der Waals surface area contributed by atoms with Crippen molar-refractivity contribution in [3.63, 3.8) is 0 Å². The van der Waals surface area contributed by atoms with Gasteiger partial charge in [-0.2, -0.15) is 0 Å². The van der Waals surface area contributed by atoms with Gasteiger partial charge >= 0.3 is 0 Å². The third-order valence-electron chi connectivity index (χ3n) is 2.18. The molecule has 0 atom stereocenters. The first-order valence-electron chi connectivity index (χ1n) is 3.86. The van der Waals surface area contributed by atoms with Crippen LogP contribution in [-0.4, -0.2) is 4.92 Å². The van der Waals surface area contributed by atoms with Gasteiger partial charge < -0.3 is 0 Å². The summed E-state index contributed by atoms with van der Waals surface area (Å²) in [7, 11) is 0. The first-order valence-corrected chi connectivity index (χ1v) is 4.23. The van der Waals surface area contributed by atoms with Crippen LogP contribution in [0.4, 0.5) is 5.69 Å². The van der Waals surface area contributed by atoms with Gasteiger partial charge in [0, 0.05) is 16.1 Å². The predicted molar refractivity (Wildman–Crippen MR) is 52.3 cm³/mol. The van der Waals surface area contributed by atoms with Gasteiger partial charge in [0.1, 0.15) is 0 Å². The zero-order valence-corrected chi connectivity index (χ0v) is 8.47. The molecule has 0 fully saturated rings. The number of hydrogen-bond donors (Lipinski definition) is 0. The molecule has 1 aromatic rings. The minimum atomic E-state index is -0.367. The van der Waals surface area contributed by atoms with E-state index < -0.39 is 0 Å². The van der Waals surface area contributed by atoms with Gasteiger partial charge in [-0.15, -0.1) is 0 Å². The lowest BCUT2D eigenvalue weighted by Crippen LogP contribution is -1.97. The van der Waals surface area contributed by atoms with Gasteiger partial charge in [0.2, 0.25) is 0 Å². The average molecular weight is 200 g/mol. The molecule has 0 N–H and O–H groups in total. The number of nitrogens with zero attached hydrogens (tertiary/aromatic N) is 1. The molecule has 0 bridgehead atoms. The molecule has 4 heteroatoms. The molecule has 0 unspecified atom stereocenters. The van der Waals surface area contributed by atoms with Crippen molar-refractivity contribution < 1.29 is 4.92 Å². The minimum Gasteiger partial charge on any atom is -0.258 e. The van der Waals surface area contributed by atoms with Crippen LogP contribution in [0.2, 0.25) is 5.02 Å². The lowest BCUT2D eigenvalue weighted by Gasteiger charge is -2.06. The zero-order chi connectivity index (χ0) is 10.2. The van der Waals surface area contributed by atoms with Crippen molar-refractivity contribution >= 4 is 17.3 Å². The van der Waals surface area contributed by atoms with E-state index in [0.29, 0.717) is 16.1 Å². The van der Waals surface area contributed by atoms with Crippen LogP contribution in [0.1, 0.15) is 16.7 Å². The molecule has 13 heavy (non-hydrogen) atoms. The molecule has 1 aromatic carbocycles. The van der Waals surface area contributed by atoms with Crippen molar-refractivity contribution in [3.8, 4) is 0 Å². The normalized spacial score (nSPS) is 10.2. The van der Waals surface area contributed by atoms with Crippen LogP contribution >= 0.6 is 11.6 Å². The molecule has 0 aliphatic rings. The molecule has 0 aromatic heterocycles. The van der Waals surface area contributed by atoms with E-state index in [9.17, 15) is 10.1 Å². The lowest BCUT2D eigenvalue weighted by atomic mass is 10.0. The summed E-state index contributed by atoms with van der Waals surface area (Å²) >= 11 is 5.87. The van der Waals surface area contributed by atoms with Crippen LogP contribution in [0, 0.1) is 30.9 Å². The maximum Gasteiger partial charge on any atom is 0.275 e. The van der Waals surface area contributed by atoms with E-state index in [-0.39, 0.29) is 10.6 Å². The fraction of sp³-hybridized carbons (Fsp3) is 0.333. The van der Waals surface area contributed by atoms with Crippen molar-refractivity contribution in [1.82, 2.24) is 0 Å². The largest absolute Gasteiger partial charge is 0.275 e. The fourth-order valence-corrected chi connectivity index (χ4v) is 1.61. The molecule has 0 aliphatic carbocycles. The third-order valence-corrected chi connectivity index (χ3v) is 2.57. The summed E-state index contributed by atoms with van der Waals surface area (Å²) in [4.78, 5) is 10.3. The van der Waals surface area contributed by atoms with Crippen LogP contribution in [0.5, 0.6) is 0 Å². The molecule has 0 saturated heterocycles. The Morgan fingerprint density at radius 1 is 1.31 bits per heavy atom. The summed E-state index contributed by atoms with van der Waals surface area (Å²) < 4.78 is 0. The molecule has 0 aliphatic heterocycles. The Balaban J connectivity index is 3.53. The molecule has 3 nitrogen and oxygen atoms in total. The Morgan fingerprint density at radius 3 is 2.31 bits per heavy atom. The smallest absolute Gasteiger partial charge is 0.258 e. The van der Waals surface area contributed by atoms with Gasteiger partial charge in [-0.1, -0.05) is 11.6 Å². The number of rotatable bonds is 1. The highest BCUT2D eigenvalue weighted by Gasteiger charge is 2.17. The maximum absolute atomic E-state index is 10.7. The van der Waals surface area contributed by atoms with E-state index >= 15 is 0 Å². The second-order valence-electron chi connectivity index (χ2n) is 3.03. The molecule has 0 saturated carbocycles. The Hall–Kier alpha value is -1.09. The van der Waals surface area contributed by atoms with Gasteiger partial charge in [0.15, 0.2) is 0 Å². The minimum absolute atomic E-state index is 0.168. The summed E-state index contributed by atoms with van der Waals surface area (Å²) in [5, 5.41) is 11.3. The van der Waals surface area contributed by atoms with E-state index in [1.54, 1.807) is 26.8 Å². The lowest BCUT2D eigenvalue weighted by molar-refractivity contribution is -0.386. The van der Waals surface area contributed by atoms with Crippen molar-refractivity contribution in [2.75, 3.05) is 0 Å². The number of benzene rings is 1. The number of hydrogen-bond acceptors (Lipinski definition) is 2. The summed E-state index contributed by atoms with van der Waals surface area (Å²) in [6, 6.07) is 1.63. The monoisotopic (exact) mass is 199 g/mol. The first kappa shape index (κ1) is 9.99. The summed E-state index contributed by atoms with van der Waals surface area (Å²) in [5.41, 5.74) is 2.20. The highest BCUT2D eigenvalue weighted by Crippen LogP contribution is 2.30. The molecule has 0 heterocycles. The molecule has 0 radical (unpaired) electrons. The van der Waals surface area contributed by atoms with Gasteiger partial charge in [-0.25, -0.2) is 0 Å². The SMILES string of the molecule is Cc1cc(Cl)c(C)c(C)c1[N+](=O)[O-]. The first-order chi connectivity index (χ1) is 5.95. The Bertz CT molecular complexity index is 374. The number of halogens is 1. The summed E-state index contributed by atoms with van der Waals surface area (Å²) in [6.45, 7) is 5.19. The van der Waals surface area contributed by atoms with E-state index in [1.165, 1.54) is 0 Å². The van der Waals surface area contributed by atoms with Crippen LogP contribution in [0.3, 0.4) is 0 Å². The van der Waals surface area contributed by atoms with Crippen molar-refractivity contribution in [1.29, 1.82) is 0 Å². The van der Waals surface area contributed by atoms with Crippen LogP contribution in [-0.2, 0) is 0 Å². The van der Waals surface area contributed by atoms with E-state index in [0.717, 1.165) is 5.56 Å². The van der Waals surface area contributed by atoms with Crippen LogP contribution in [0.25, 0.3) is 0 Å². The van der Waals surface area contributed by atoms with Crippen molar-refractivity contribution in [2.24, 2.45) is 0 Å². The second-order valence-corrected chi connectivity index (χ2v) is 3.44. The van der Waals surface area contributed by atoms with Crippen LogP contribution < -0.4 is 0 Å². The van der Waals surface area contributed by atoms with E-state index in [2.05, 4.69) is 0 Å². The molecule has 0 amide bonds. The third kappa shape index (κ3) is 1.65. The highest BCUT2D eigenvalue weighted by molar-refractivity contribution is 6.31. The van der Waals surface area contributed by atoms with E-state index in [4.69, 9.17) is 11.6 Å². The molecular formula is C9H10ClNO2. The second kappa shape index (κ2) is 3.34. The predicted octanol–water partition coefficient (Wildman–Crippen LogP) is 3.17. The summed E-state index contributed by atoms with van der Waals surface area (Å²) in [5.74, 6) is 0. The standard InChI is InChI=1S/C9H10ClNO2/c1-5-4-8(10)6(2)7(3)9(5)11(12)13/h4H,1-3H3. The number of nitro benzene ring substituents is 1. The highest BCUT2D eigenvalue weighted by atomic mass is 35.5. The van der Waals surface area contributed by atoms with Crippen LogP contribution in [0.15, 0.2) is 6.07 Å². The van der Waals surface area contributed by atoms with Crippen molar-refractivity contribution in [3.05, 3.63) is 37.9 Å².